The molecule has 0 heterocycles. The van der Waals surface area contributed by atoms with Crippen LogP contribution in [0, 0.1) is 0 Å². The Bertz CT molecular complexity index is 1070. The molecule has 0 amide bonds. The largest absolute Gasteiger partial charge is 0.481 e. The molecule has 0 saturated heterocycles. The lowest BCUT2D eigenvalue weighted by molar-refractivity contribution is -0.136. The third-order valence-electron chi connectivity index (χ3n) is 4.68. The van der Waals surface area contributed by atoms with Crippen LogP contribution >= 0.6 is 0 Å². The molecule has 0 saturated carbocycles. The van der Waals surface area contributed by atoms with E-state index in [0.717, 1.165) is 16.7 Å². The Morgan fingerprint density at radius 1 is 0.720 bits per heavy atom. The van der Waals surface area contributed by atoms with Crippen LogP contribution in [0.5, 0.6) is 0 Å². The van der Waals surface area contributed by atoms with E-state index in [4.69, 9.17) is 5.11 Å². The van der Waals surface area contributed by atoms with E-state index in [1.165, 1.54) is 21.5 Å². The van der Waals surface area contributed by atoms with E-state index in [1.807, 2.05) is 24.3 Å². The number of benzene rings is 4. The van der Waals surface area contributed by atoms with Crippen molar-refractivity contribution in [3.8, 4) is 11.1 Å². The molecule has 0 aromatic heterocycles. The lowest BCUT2D eigenvalue weighted by Crippen LogP contribution is -2.00. The molecular formula is C23H18O2. The Morgan fingerprint density at radius 3 is 2.12 bits per heavy atom. The standard InChI is InChI=1S/C23H18O2/c24-22(25)15-14-18-13-12-17-7-2-4-10-20(17)23(18)21-11-5-8-16-6-1-3-9-19(16)21/h1-13H,14-15H2,(H,24,25). The van der Waals surface area contributed by atoms with Gasteiger partial charge < -0.3 is 5.11 Å². The number of fused-ring (bicyclic) bond motifs is 2. The van der Waals surface area contributed by atoms with E-state index in [2.05, 4.69) is 54.6 Å². The first-order chi connectivity index (χ1) is 12.2. The third-order valence-corrected chi connectivity index (χ3v) is 4.68. The molecule has 2 nitrogen and oxygen atoms in total. The summed E-state index contributed by atoms with van der Waals surface area (Å²) < 4.78 is 0. The molecule has 4 rings (SSSR count). The number of aliphatic carboxylic acids is 1. The molecule has 4 aromatic rings. The first-order valence-electron chi connectivity index (χ1n) is 8.44. The number of rotatable bonds is 4. The molecule has 0 aliphatic heterocycles. The van der Waals surface area contributed by atoms with Gasteiger partial charge in [-0.05, 0) is 44.7 Å². The molecule has 0 aliphatic carbocycles. The zero-order chi connectivity index (χ0) is 17.2. The van der Waals surface area contributed by atoms with Crippen LogP contribution in [-0.4, -0.2) is 11.1 Å². The molecule has 0 fully saturated rings. The normalized spacial score (nSPS) is 11.0. The van der Waals surface area contributed by atoms with Gasteiger partial charge in [0.1, 0.15) is 0 Å². The fourth-order valence-electron chi connectivity index (χ4n) is 3.53. The fourth-order valence-corrected chi connectivity index (χ4v) is 3.53. The SMILES string of the molecule is O=C(O)CCc1ccc2ccccc2c1-c1cccc2ccccc12. The van der Waals surface area contributed by atoms with Crippen molar-refractivity contribution in [3.63, 3.8) is 0 Å². The number of carboxylic acid groups (broad SMARTS) is 1. The van der Waals surface area contributed by atoms with Crippen molar-refractivity contribution in [3.05, 3.63) is 84.4 Å². The summed E-state index contributed by atoms with van der Waals surface area (Å²) in [6, 6.07) is 27.1. The molecule has 0 aliphatic rings. The van der Waals surface area contributed by atoms with Crippen LogP contribution in [0.25, 0.3) is 32.7 Å². The summed E-state index contributed by atoms with van der Waals surface area (Å²) in [5, 5.41) is 13.8. The lowest BCUT2D eigenvalue weighted by atomic mass is 9.88. The zero-order valence-electron chi connectivity index (χ0n) is 13.8. The van der Waals surface area contributed by atoms with E-state index in [-0.39, 0.29) is 6.42 Å². The van der Waals surface area contributed by atoms with Gasteiger partial charge in [-0.25, -0.2) is 0 Å². The van der Waals surface area contributed by atoms with Crippen molar-refractivity contribution < 1.29 is 9.90 Å². The van der Waals surface area contributed by atoms with Gasteiger partial charge >= 0.3 is 5.97 Å². The van der Waals surface area contributed by atoms with Crippen molar-refractivity contribution in [2.75, 3.05) is 0 Å². The second-order valence-corrected chi connectivity index (χ2v) is 6.24. The number of carbonyl (C=O) groups is 1. The van der Waals surface area contributed by atoms with Gasteiger partial charge in [0.2, 0.25) is 0 Å². The van der Waals surface area contributed by atoms with Crippen LogP contribution in [0.4, 0.5) is 0 Å². The molecule has 0 radical (unpaired) electrons. The second kappa shape index (κ2) is 6.40. The van der Waals surface area contributed by atoms with Gasteiger partial charge in [0.25, 0.3) is 0 Å². The third kappa shape index (κ3) is 2.87. The lowest BCUT2D eigenvalue weighted by Gasteiger charge is -2.15. The molecule has 2 heteroatoms. The second-order valence-electron chi connectivity index (χ2n) is 6.24. The summed E-state index contributed by atoms with van der Waals surface area (Å²) in [4.78, 5) is 11.1. The van der Waals surface area contributed by atoms with E-state index in [9.17, 15) is 4.79 Å². The number of hydrogen-bond acceptors (Lipinski definition) is 1. The molecule has 25 heavy (non-hydrogen) atoms. The van der Waals surface area contributed by atoms with Crippen LogP contribution in [0.1, 0.15) is 12.0 Å². The topological polar surface area (TPSA) is 37.3 Å². The summed E-state index contributed by atoms with van der Waals surface area (Å²) in [6.07, 6.45) is 0.662. The maximum atomic E-state index is 11.1. The van der Waals surface area contributed by atoms with E-state index >= 15 is 0 Å². The van der Waals surface area contributed by atoms with E-state index in [1.54, 1.807) is 0 Å². The summed E-state index contributed by atoms with van der Waals surface area (Å²) in [5.41, 5.74) is 3.39. The van der Waals surface area contributed by atoms with Crippen molar-refractivity contribution in [1.82, 2.24) is 0 Å². The summed E-state index contributed by atoms with van der Waals surface area (Å²) in [6.45, 7) is 0. The monoisotopic (exact) mass is 326 g/mol. The molecule has 122 valence electrons. The fraction of sp³-hybridized carbons (Fsp3) is 0.0870. The van der Waals surface area contributed by atoms with Crippen LogP contribution in [-0.2, 0) is 11.2 Å². The van der Waals surface area contributed by atoms with Gasteiger partial charge in [-0.2, -0.15) is 0 Å². The van der Waals surface area contributed by atoms with Gasteiger partial charge in [0, 0.05) is 6.42 Å². The average Bonchev–Trinajstić information content (AvgIpc) is 2.65. The first kappa shape index (κ1) is 15.4. The zero-order valence-corrected chi connectivity index (χ0v) is 13.8. The van der Waals surface area contributed by atoms with Crippen LogP contribution in [0.2, 0.25) is 0 Å². The average molecular weight is 326 g/mol. The van der Waals surface area contributed by atoms with Crippen LogP contribution in [0.3, 0.4) is 0 Å². The molecule has 0 atom stereocenters. The Balaban J connectivity index is 2.03. The molecule has 0 spiro atoms. The van der Waals surface area contributed by atoms with Crippen LogP contribution < -0.4 is 0 Å². The van der Waals surface area contributed by atoms with Crippen molar-refractivity contribution in [1.29, 1.82) is 0 Å². The molecule has 4 aromatic carbocycles. The molecule has 0 unspecified atom stereocenters. The van der Waals surface area contributed by atoms with Crippen LogP contribution in [0.15, 0.2) is 78.9 Å². The summed E-state index contributed by atoms with van der Waals surface area (Å²) in [7, 11) is 0. The predicted octanol–water partition coefficient (Wildman–Crippen LogP) is 5.68. The highest BCUT2D eigenvalue weighted by Gasteiger charge is 2.13. The molecular weight excluding hydrogens is 308 g/mol. The summed E-state index contributed by atoms with van der Waals surface area (Å²) in [5.74, 6) is -0.767. The minimum absolute atomic E-state index is 0.135. The van der Waals surface area contributed by atoms with Gasteiger partial charge in [0.15, 0.2) is 0 Å². The van der Waals surface area contributed by atoms with Crippen molar-refractivity contribution in [2.24, 2.45) is 0 Å². The maximum absolute atomic E-state index is 11.1. The number of aryl methyl sites for hydroxylation is 1. The highest BCUT2D eigenvalue weighted by molar-refractivity contribution is 6.06. The van der Waals surface area contributed by atoms with Crippen molar-refractivity contribution >= 4 is 27.5 Å². The Kier molecular flexibility index (Phi) is 3.95. The smallest absolute Gasteiger partial charge is 0.303 e. The Morgan fingerprint density at radius 2 is 1.36 bits per heavy atom. The van der Waals surface area contributed by atoms with Gasteiger partial charge in [-0.15, -0.1) is 0 Å². The number of hydrogen-bond donors (Lipinski definition) is 1. The molecule has 1 N–H and O–H groups in total. The Labute approximate surface area is 146 Å². The minimum Gasteiger partial charge on any atom is -0.481 e. The van der Waals surface area contributed by atoms with Gasteiger partial charge in [-0.3, -0.25) is 4.79 Å². The van der Waals surface area contributed by atoms with E-state index in [0.29, 0.717) is 6.42 Å². The van der Waals surface area contributed by atoms with Gasteiger partial charge in [0.05, 0.1) is 0 Å². The van der Waals surface area contributed by atoms with Gasteiger partial charge in [-0.1, -0.05) is 78.9 Å². The quantitative estimate of drug-likeness (QED) is 0.524. The highest BCUT2D eigenvalue weighted by atomic mass is 16.4. The highest BCUT2D eigenvalue weighted by Crippen LogP contribution is 2.37. The van der Waals surface area contributed by atoms with E-state index < -0.39 is 5.97 Å². The summed E-state index contributed by atoms with van der Waals surface area (Å²) >= 11 is 0. The first-order valence-corrected chi connectivity index (χ1v) is 8.44. The minimum atomic E-state index is -0.767. The number of carboxylic acids is 1. The molecule has 0 bridgehead atoms. The maximum Gasteiger partial charge on any atom is 0.303 e. The Hall–Kier alpha value is -3.13. The predicted molar refractivity (Wildman–Crippen MR) is 103 cm³/mol. The van der Waals surface area contributed by atoms with Crippen molar-refractivity contribution in [2.45, 2.75) is 12.8 Å².